The summed E-state index contributed by atoms with van der Waals surface area (Å²) in [5.74, 6) is -0.253. The fraction of sp³-hybridized carbons (Fsp3) is 0.462. The third-order valence-electron chi connectivity index (χ3n) is 5.94. The van der Waals surface area contributed by atoms with Crippen molar-refractivity contribution in [2.24, 2.45) is 0 Å². The number of nitrogens with one attached hydrogen (secondary N) is 1. The van der Waals surface area contributed by atoms with E-state index in [4.69, 9.17) is 4.74 Å². The largest absolute Gasteiger partial charge is 0.447 e. The molecule has 1 aliphatic rings. The summed E-state index contributed by atoms with van der Waals surface area (Å²) in [6.07, 6.45) is 2.55. The topological polar surface area (TPSA) is 96.0 Å². The van der Waals surface area contributed by atoms with Gasteiger partial charge in [-0.1, -0.05) is 31.5 Å². The third-order valence-corrected chi connectivity index (χ3v) is 7.32. The first-order chi connectivity index (χ1) is 16.6. The van der Waals surface area contributed by atoms with E-state index in [1.54, 1.807) is 48.8 Å². The minimum Gasteiger partial charge on any atom is -0.447 e. The molecule has 0 unspecified atom stereocenters. The van der Waals surface area contributed by atoms with Crippen molar-refractivity contribution in [2.45, 2.75) is 58.0 Å². The van der Waals surface area contributed by atoms with Crippen LogP contribution in [-0.4, -0.2) is 62.5 Å². The summed E-state index contributed by atoms with van der Waals surface area (Å²) >= 11 is 0. The summed E-state index contributed by atoms with van der Waals surface area (Å²) < 4.78 is 33.9. The van der Waals surface area contributed by atoms with Gasteiger partial charge in [-0.15, -0.1) is 0 Å². The average Bonchev–Trinajstić information content (AvgIpc) is 2.83. The van der Waals surface area contributed by atoms with Gasteiger partial charge in [-0.25, -0.2) is 13.2 Å². The number of unbranched alkanes of at least 4 members (excludes halogenated alkanes) is 1. The maximum Gasteiger partial charge on any atom is 0.410 e. The van der Waals surface area contributed by atoms with Crippen LogP contribution < -0.4 is 4.72 Å². The SMILES string of the molecule is CCCCc1ccc(NS(=O)(=O)c2ccc(C)c(C(=O)N3CCN(C(=O)OC(C)C)CC3)c2)cc1. The summed E-state index contributed by atoms with van der Waals surface area (Å²) in [5, 5.41) is 0. The van der Waals surface area contributed by atoms with Crippen molar-refractivity contribution in [1.82, 2.24) is 9.80 Å². The van der Waals surface area contributed by atoms with E-state index in [1.165, 1.54) is 12.1 Å². The predicted octanol–water partition coefficient (Wildman–Crippen LogP) is 4.44. The quantitative estimate of drug-likeness (QED) is 0.577. The molecular formula is C26H35N3O5S. The number of hydrogen-bond acceptors (Lipinski definition) is 5. The highest BCUT2D eigenvalue weighted by atomic mass is 32.2. The maximum atomic E-state index is 13.2. The molecule has 1 saturated heterocycles. The standard InChI is InChI=1S/C26H35N3O5S/c1-5-6-7-21-9-11-22(12-10-21)27-35(32,33)23-13-8-20(4)24(18-23)25(30)28-14-16-29(17-15-28)26(31)34-19(2)3/h8-13,18-19,27H,5-7,14-17H2,1-4H3. The van der Waals surface area contributed by atoms with Crippen molar-refractivity contribution in [1.29, 1.82) is 0 Å². The highest BCUT2D eigenvalue weighted by molar-refractivity contribution is 7.92. The van der Waals surface area contributed by atoms with Gasteiger partial charge < -0.3 is 14.5 Å². The second-order valence-electron chi connectivity index (χ2n) is 9.09. The molecule has 0 radical (unpaired) electrons. The van der Waals surface area contributed by atoms with Gasteiger partial charge in [-0.05, 0) is 69.0 Å². The number of carbonyl (C=O) groups excluding carboxylic acids is 2. The molecule has 0 aromatic heterocycles. The normalized spacial score (nSPS) is 14.2. The molecule has 2 aromatic rings. The Morgan fingerprint density at radius 1 is 1.00 bits per heavy atom. The number of hydrogen-bond donors (Lipinski definition) is 1. The van der Waals surface area contributed by atoms with Gasteiger partial charge >= 0.3 is 6.09 Å². The highest BCUT2D eigenvalue weighted by Crippen LogP contribution is 2.22. The first-order valence-corrected chi connectivity index (χ1v) is 13.6. The van der Waals surface area contributed by atoms with Crippen LogP contribution >= 0.6 is 0 Å². The van der Waals surface area contributed by atoms with Gasteiger partial charge in [-0.2, -0.15) is 0 Å². The Hall–Kier alpha value is -3.07. The molecule has 8 nitrogen and oxygen atoms in total. The van der Waals surface area contributed by atoms with Crippen LogP contribution in [0, 0.1) is 6.92 Å². The van der Waals surface area contributed by atoms with E-state index in [2.05, 4.69) is 11.6 Å². The molecule has 2 aromatic carbocycles. The van der Waals surface area contributed by atoms with Gasteiger partial charge in [0.05, 0.1) is 11.0 Å². The number of carbonyl (C=O) groups is 2. The van der Waals surface area contributed by atoms with E-state index in [1.807, 2.05) is 12.1 Å². The van der Waals surface area contributed by atoms with Crippen LogP contribution in [0.15, 0.2) is 47.4 Å². The van der Waals surface area contributed by atoms with Crippen LogP contribution in [0.25, 0.3) is 0 Å². The third kappa shape index (κ3) is 6.97. The molecule has 1 heterocycles. The van der Waals surface area contributed by atoms with Crippen LogP contribution in [0.2, 0.25) is 0 Å². The molecule has 3 rings (SSSR count). The van der Waals surface area contributed by atoms with Crippen molar-refractivity contribution < 1.29 is 22.7 Å². The molecule has 9 heteroatoms. The Labute approximate surface area is 208 Å². The highest BCUT2D eigenvalue weighted by Gasteiger charge is 2.27. The summed E-state index contributed by atoms with van der Waals surface area (Å²) in [6, 6.07) is 11.9. The smallest absolute Gasteiger partial charge is 0.410 e. The number of anilines is 1. The molecule has 35 heavy (non-hydrogen) atoms. The van der Waals surface area contributed by atoms with E-state index in [0.717, 1.165) is 24.8 Å². The van der Waals surface area contributed by atoms with Crippen molar-refractivity contribution >= 4 is 27.7 Å². The average molecular weight is 502 g/mol. The van der Waals surface area contributed by atoms with Crippen LogP contribution in [0.3, 0.4) is 0 Å². The minimum absolute atomic E-state index is 0.0284. The van der Waals surface area contributed by atoms with Crippen LogP contribution in [0.1, 0.15) is 55.1 Å². The zero-order chi connectivity index (χ0) is 25.6. The van der Waals surface area contributed by atoms with Crippen molar-refractivity contribution in [3.05, 3.63) is 59.2 Å². The van der Waals surface area contributed by atoms with Gasteiger partial charge in [0, 0.05) is 37.4 Å². The Balaban J connectivity index is 1.70. The lowest BCUT2D eigenvalue weighted by Crippen LogP contribution is -2.51. The van der Waals surface area contributed by atoms with E-state index >= 15 is 0 Å². The molecule has 2 amide bonds. The van der Waals surface area contributed by atoms with Crippen LogP contribution in [0.4, 0.5) is 10.5 Å². The molecule has 0 aliphatic carbocycles. The molecule has 1 N–H and O–H groups in total. The first-order valence-electron chi connectivity index (χ1n) is 12.1. The second-order valence-corrected chi connectivity index (χ2v) is 10.8. The van der Waals surface area contributed by atoms with Crippen molar-refractivity contribution in [3.63, 3.8) is 0 Å². The molecule has 0 spiro atoms. The lowest BCUT2D eigenvalue weighted by atomic mass is 10.1. The zero-order valence-electron chi connectivity index (χ0n) is 20.9. The summed E-state index contributed by atoms with van der Waals surface area (Å²) in [5.41, 5.74) is 2.66. The lowest BCUT2D eigenvalue weighted by Gasteiger charge is -2.34. The van der Waals surface area contributed by atoms with E-state index in [0.29, 0.717) is 43.0 Å². The Morgan fingerprint density at radius 2 is 1.63 bits per heavy atom. The maximum absolute atomic E-state index is 13.2. The molecule has 190 valence electrons. The van der Waals surface area contributed by atoms with Crippen molar-refractivity contribution in [3.8, 4) is 0 Å². The number of aryl methyl sites for hydroxylation is 2. The Kier molecular flexibility index (Phi) is 8.77. The number of piperazine rings is 1. The molecule has 0 atom stereocenters. The van der Waals surface area contributed by atoms with Gasteiger partial charge in [0.1, 0.15) is 0 Å². The predicted molar refractivity (Wildman–Crippen MR) is 136 cm³/mol. The Bertz CT molecular complexity index is 1140. The molecule has 0 bridgehead atoms. The summed E-state index contributed by atoms with van der Waals surface area (Å²) in [7, 11) is -3.87. The molecular weight excluding hydrogens is 466 g/mol. The lowest BCUT2D eigenvalue weighted by molar-refractivity contribution is 0.0475. The first kappa shape index (κ1) is 26.5. The van der Waals surface area contributed by atoms with Crippen LogP contribution in [-0.2, 0) is 21.2 Å². The van der Waals surface area contributed by atoms with E-state index in [9.17, 15) is 18.0 Å². The van der Waals surface area contributed by atoms with Crippen LogP contribution in [0.5, 0.6) is 0 Å². The minimum atomic E-state index is -3.87. The van der Waals surface area contributed by atoms with Crippen molar-refractivity contribution in [2.75, 3.05) is 30.9 Å². The summed E-state index contributed by atoms with van der Waals surface area (Å²) in [6.45, 7) is 8.93. The number of benzene rings is 2. The monoisotopic (exact) mass is 501 g/mol. The van der Waals surface area contributed by atoms with Gasteiger partial charge in [0.15, 0.2) is 0 Å². The second kappa shape index (κ2) is 11.6. The molecule has 1 fully saturated rings. The Morgan fingerprint density at radius 3 is 2.23 bits per heavy atom. The number of nitrogens with zero attached hydrogens (tertiary/aromatic N) is 2. The number of amides is 2. The molecule has 1 aliphatic heterocycles. The fourth-order valence-corrected chi connectivity index (χ4v) is 4.96. The number of ether oxygens (including phenoxy) is 1. The fourth-order valence-electron chi connectivity index (χ4n) is 3.87. The number of rotatable bonds is 8. The molecule has 0 saturated carbocycles. The zero-order valence-corrected chi connectivity index (χ0v) is 21.7. The van der Waals surface area contributed by atoms with E-state index < -0.39 is 10.0 Å². The number of sulfonamides is 1. The summed E-state index contributed by atoms with van der Waals surface area (Å²) in [4.78, 5) is 28.6. The van der Waals surface area contributed by atoms with E-state index in [-0.39, 0.29) is 23.0 Å². The van der Waals surface area contributed by atoms with Gasteiger partial charge in [0.25, 0.3) is 15.9 Å². The van der Waals surface area contributed by atoms with Gasteiger partial charge in [0.2, 0.25) is 0 Å². The van der Waals surface area contributed by atoms with Gasteiger partial charge in [-0.3, -0.25) is 9.52 Å².